The fourth-order valence-electron chi connectivity index (χ4n) is 2.16. The van der Waals surface area contributed by atoms with E-state index in [1.807, 2.05) is 56.5 Å². The van der Waals surface area contributed by atoms with Gasteiger partial charge in [-0.15, -0.1) is 24.0 Å². The number of nitrogens with zero attached hydrogens (tertiary/aromatic N) is 4. The molecule has 0 radical (unpaired) electrons. The van der Waals surface area contributed by atoms with Gasteiger partial charge in [-0.05, 0) is 17.5 Å². The second kappa shape index (κ2) is 9.15. The minimum atomic E-state index is 0. The Hall–Kier alpha value is -0.850. The number of aliphatic imine (C=N–C) groups is 1. The summed E-state index contributed by atoms with van der Waals surface area (Å²) in [5.74, 6) is 1.94. The van der Waals surface area contributed by atoms with E-state index >= 15 is 0 Å². The molecule has 1 unspecified atom stereocenters. The van der Waals surface area contributed by atoms with Crippen molar-refractivity contribution < 1.29 is 0 Å². The molecule has 0 N–H and O–H groups in total. The van der Waals surface area contributed by atoms with E-state index in [9.17, 15) is 0 Å². The summed E-state index contributed by atoms with van der Waals surface area (Å²) in [5.41, 5.74) is 1.26. The van der Waals surface area contributed by atoms with Gasteiger partial charge in [0, 0.05) is 53.0 Å². The summed E-state index contributed by atoms with van der Waals surface area (Å²) in [6.45, 7) is 5.26. The van der Waals surface area contributed by atoms with E-state index in [4.69, 9.17) is 4.99 Å². The molecule has 0 aliphatic rings. The number of halogens is 1. The van der Waals surface area contributed by atoms with Crippen molar-refractivity contribution in [2.45, 2.75) is 19.8 Å². The quantitative estimate of drug-likeness (QED) is 0.450. The minimum absolute atomic E-state index is 0. The Labute approximate surface area is 140 Å². The summed E-state index contributed by atoms with van der Waals surface area (Å²) < 4.78 is 0. The van der Waals surface area contributed by atoms with Gasteiger partial charge >= 0.3 is 0 Å². The first-order valence-corrected chi connectivity index (χ1v) is 6.72. The summed E-state index contributed by atoms with van der Waals surface area (Å²) in [5, 5.41) is 0. The highest BCUT2D eigenvalue weighted by Crippen LogP contribution is 2.24. The van der Waals surface area contributed by atoms with Crippen LogP contribution in [-0.2, 0) is 0 Å². The summed E-state index contributed by atoms with van der Waals surface area (Å²) in [7, 11) is 8.08. The number of rotatable bonds is 4. The van der Waals surface area contributed by atoms with Gasteiger partial charge in [0.15, 0.2) is 5.96 Å². The van der Waals surface area contributed by atoms with Crippen molar-refractivity contribution in [1.82, 2.24) is 14.8 Å². The van der Waals surface area contributed by atoms with E-state index < -0.39 is 0 Å². The van der Waals surface area contributed by atoms with E-state index in [0.29, 0.717) is 11.8 Å². The molecular formula is C15H27IN4. The van der Waals surface area contributed by atoms with Gasteiger partial charge in [-0.3, -0.25) is 9.98 Å². The molecule has 0 aromatic carbocycles. The van der Waals surface area contributed by atoms with Gasteiger partial charge in [-0.25, -0.2) is 0 Å². The van der Waals surface area contributed by atoms with Gasteiger partial charge in [-0.2, -0.15) is 0 Å². The molecule has 1 atom stereocenters. The molecule has 20 heavy (non-hydrogen) atoms. The molecule has 0 saturated carbocycles. The highest BCUT2D eigenvalue weighted by molar-refractivity contribution is 14.0. The number of hydrogen-bond donors (Lipinski definition) is 0. The topological polar surface area (TPSA) is 31.7 Å². The number of pyridine rings is 1. The van der Waals surface area contributed by atoms with Crippen LogP contribution < -0.4 is 0 Å². The van der Waals surface area contributed by atoms with Crippen LogP contribution in [0.1, 0.15) is 25.3 Å². The van der Waals surface area contributed by atoms with Crippen LogP contribution in [0.3, 0.4) is 0 Å². The van der Waals surface area contributed by atoms with Crippen LogP contribution in [0.15, 0.2) is 29.5 Å². The summed E-state index contributed by atoms with van der Waals surface area (Å²) in [4.78, 5) is 13.1. The first-order chi connectivity index (χ1) is 8.93. The van der Waals surface area contributed by atoms with E-state index in [1.165, 1.54) is 5.56 Å². The first kappa shape index (κ1) is 19.1. The van der Waals surface area contributed by atoms with Crippen molar-refractivity contribution in [3.05, 3.63) is 30.1 Å². The lowest BCUT2D eigenvalue weighted by atomic mass is 9.89. The third-order valence-corrected chi connectivity index (χ3v) is 3.15. The molecule has 0 aliphatic heterocycles. The Bertz CT molecular complexity index is 392. The Kier molecular flexibility index (Phi) is 8.76. The Balaban J connectivity index is 0.00000361. The predicted molar refractivity (Wildman–Crippen MR) is 96.9 cm³/mol. The van der Waals surface area contributed by atoms with Crippen molar-refractivity contribution >= 4 is 29.9 Å². The largest absolute Gasteiger partial charge is 0.349 e. The van der Waals surface area contributed by atoms with Crippen molar-refractivity contribution in [1.29, 1.82) is 0 Å². The molecule has 1 heterocycles. The lowest BCUT2D eigenvalue weighted by Crippen LogP contribution is -2.36. The number of aromatic nitrogens is 1. The molecule has 1 aromatic rings. The lowest BCUT2D eigenvalue weighted by Gasteiger charge is -2.25. The molecule has 1 aromatic heterocycles. The van der Waals surface area contributed by atoms with Gasteiger partial charge in [0.25, 0.3) is 0 Å². The summed E-state index contributed by atoms with van der Waals surface area (Å²) in [6, 6.07) is 4.13. The van der Waals surface area contributed by atoms with Crippen molar-refractivity contribution in [2.75, 3.05) is 34.7 Å². The van der Waals surface area contributed by atoms with Crippen LogP contribution >= 0.6 is 24.0 Å². The van der Waals surface area contributed by atoms with Crippen LogP contribution in [0.25, 0.3) is 0 Å². The van der Waals surface area contributed by atoms with E-state index in [1.54, 1.807) is 0 Å². The van der Waals surface area contributed by atoms with Crippen LogP contribution in [-0.4, -0.2) is 55.5 Å². The molecule has 0 fully saturated rings. The van der Waals surface area contributed by atoms with E-state index in [2.05, 4.69) is 24.9 Å². The van der Waals surface area contributed by atoms with Crippen LogP contribution in [0.2, 0.25) is 0 Å². The zero-order valence-corrected chi connectivity index (χ0v) is 15.7. The van der Waals surface area contributed by atoms with Gasteiger partial charge in [0.2, 0.25) is 0 Å². The fraction of sp³-hybridized carbons (Fsp3) is 0.600. The van der Waals surface area contributed by atoms with E-state index in [0.717, 1.165) is 12.5 Å². The molecule has 0 amide bonds. The zero-order chi connectivity index (χ0) is 14.4. The fourth-order valence-corrected chi connectivity index (χ4v) is 2.16. The van der Waals surface area contributed by atoms with Gasteiger partial charge in [-0.1, -0.05) is 19.9 Å². The van der Waals surface area contributed by atoms with E-state index in [-0.39, 0.29) is 24.0 Å². The Morgan fingerprint density at radius 2 is 1.80 bits per heavy atom. The second-order valence-electron chi connectivity index (χ2n) is 5.57. The predicted octanol–water partition coefficient (Wildman–Crippen LogP) is 2.92. The highest BCUT2D eigenvalue weighted by atomic mass is 127. The summed E-state index contributed by atoms with van der Waals surface area (Å²) >= 11 is 0. The van der Waals surface area contributed by atoms with Crippen molar-refractivity contribution in [3.8, 4) is 0 Å². The third kappa shape index (κ3) is 5.64. The molecule has 5 heteroatoms. The monoisotopic (exact) mass is 390 g/mol. The van der Waals surface area contributed by atoms with Crippen LogP contribution in [0.5, 0.6) is 0 Å². The molecular weight excluding hydrogens is 363 g/mol. The third-order valence-electron chi connectivity index (χ3n) is 3.15. The zero-order valence-electron chi connectivity index (χ0n) is 13.4. The SMILES string of the molecule is CC(C)C(CN=C(N(C)C)N(C)C)c1cccnc1.I. The van der Waals surface area contributed by atoms with Crippen molar-refractivity contribution in [2.24, 2.45) is 10.9 Å². The lowest BCUT2D eigenvalue weighted by molar-refractivity contribution is 0.462. The van der Waals surface area contributed by atoms with Crippen LogP contribution in [0.4, 0.5) is 0 Å². The standard InChI is InChI=1S/C15H26N4.HI/c1-12(2)14(13-8-7-9-16-10-13)11-17-15(18(3)4)19(5)6;/h7-10,12,14H,11H2,1-6H3;1H. The first-order valence-electron chi connectivity index (χ1n) is 6.72. The van der Waals surface area contributed by atoms with Crippen molar-refractivity contribution in [3.63, 3.8) is 0 Å². The maximum atomic E-state index is 4.76. The molecule has 0 spiro atoms. The maximum Gasteiger partial charge on any atom is 0.195 e. The molecule has 0 aliphatic carbocycles. The maximum absolute atomic E-state index is 4.76. The molecule has 4 nitrogen and oxygen atoms in total. The van der Waals surface area contributed by atoms with Crippen LogP contribution in [0, 0.1) is 5.92 Å². The molecule has 1 rings (SSSR count). The smallest absolute Gasteiger partial charge is 0.195 e. The van der Waals surface area contributed by atoms with Gasteiger partial charge in [0.1, 0.15) is 0 Å². The molecule has 0 saturated heterocycles. The number of hydrogen-bond acceptors (Lipinski definition) is 2. The summed E-state index contributed by atoms with van der Waals surface area (Å²) in [6.07, 6.45) is 3.76. The minimum Gasteiger partial charge on any atom is -0.349 e. The Morgan fingerprint density at radius 1 is 1.20 bits per heavy atom. The average molecular weight is 390 g/mol. The molecule has 0 bridgehead atoms. The normalized spacial score (nSPS) is 11.6. The second-order valence-corrected chi connectivity index (χ2v) is 5.57. The van der Waals surface area contributed by atoms with Gasteiger partial charge < -0.3 is 9.80 Å². The Morgan fingerprint density at radius 3 is 2.20 bits per heavy atom. The average Bonchev–Trinajstić information content (AvgIpc) is 2.34. The highest BCUT2D eigenvalue weighted by Gasteiger charge is 2.16. The van der Waals surface area contributed by atoms with Gasteiger partial charge in [0.05, 0.1) is 0 Å². The molecule has 114 valence electrons. The number of guanidine groups is 1.